The smallest absolute Gasteiger partial charge is 0.191 e. The van der Waals surface area contributed by atoms with Gasteiger partial charge in [-0.15, -0.1) is 0 Å². The van der Waals surface area contributed by atoms with Gasteiger partial charge < -0.3 is 20.3 Å². The average Bonchev–Trinajstić information content (AvgIpc) is 3.39. The molecule has 1 aromatic heterocycles. The van der Waals surface area contributed by atoms with E-state index in [-0.39, 0.29) is 12.2 Å². The van der Waals surface area contributed by atoms with Crippen LogP contribution in [0.3, 0.4) is 0 Å². The normalized spacial score (nSPS) is 24.8. The summed E-state index contributed by atoms with van der Waals surface area (Å²) >= 11 is 0. The lowest BCUT2D eigenvalue weighted by molar-refractivity contribution is -0.00545. The van der Waals surface area contributed by atoms with Crippen molar-refractivity contribution < 1.29 is 4.74 Å². The second-order valence-electron chi connectivity index (χ2n) is 6.94. The Labute approximate surface area is 144 Å². The Hall–Kier alpha value is -1.82. The Morgan fingerprint density at radius 1 is 1.25 bits per heavy atom. The molecule has 1 saturated carbocycles. The molecule has 0 amide bonds. The topological polar surface area (TPSA) is 61.8 Å². The van der Waals surface area contributed by atoms with Gasteiger partial charge in [0.15, 0.2) is 5.96 Å². The van der Waals surface area contributed by atoms with Crippen molar-refractivity contribution in [2.24, 2.45) is 10.9 Å². The lowest BCUT2D eigenvalue weighted by Gasteiger charge is -2.36. The first-order valence-electron chi connectivity index (χ1n) is 8.94. The Kier molecular flexibility index (Phi) is 5.56. The number of guanidine groups is 1. The molecule has 1 aliphatic carbocycles. The third kappa shape index (κ3) is 4.84. The molecule has 132 valence electrons. The van der Waals surface area contributed by atoms with E-state index in [0.29, 0.717) is 0 Å². The molecule has 0 radical (unpaired) electrons. The number of morpholine rings is 1. The number of hydrogen-bond donors (Lipinski definition) is 2. The van der Waals surface area contributed by atoms with Crippen molar-refractivity contribution in [1.82, 2.24) is 15.6 Å². The Bertz CT molecular complexity index is 545. The quantitative estimate of drug-likeness (QED) is 0.636. The number of anilines is 1. The number of nitrogens with one attached hydrogen (secondary N) is 2. The van der Waals surface area contributed by atoms with Crippen LogP contribution in [0.15, 0.2) is 23.3 Å². The van der Waals surface area contributed by atoms with Crippen LogP contribution in [-0.4, -0.2) is 49.8 Å². The highest BCUT2D eigenvalue weighted by Gasteiger charge is 2.23. The summed E-state index contributed by atoms with van der Waals surface area (Å²) in [6.07, 6.45) is 5.12. The number of hydrogen-bond acceptors (Lipinski definition) is 4. The minimum atomic E-state index is 0.248. The highest BCUT2D eigenvalue weighted by molar-refractivity contribution is 5.79. The number of rotatable bonds is 5. The summed E-state index contributed by atoms with van der Waals surface area (Å²) in [7, 11) is 1.81. The predicted molar refractivity (Wildman–Crippen MR) is 97.4 cm³/mol. The van der Waals surface area contributed by atoms with Crippen molar-refractivity contribution in [2.45, 2.75) is 45.4 Å². The monoisotopic (exact) mass is 331 g/mol. The summed E-state index contributed by atoms with van der Waals surface area (Å²) in [6.45, 7) is 7.76. The minimum Gasteiger partial charge on any atom is -0.372 e. The molecular weight excluding hydrogens is 302 g/mol. The van der Waals surface area contributed by atoms with E-state index in [4.69, 9.17) is 4.74 Å². The first-order valence-corrected chi connectivity index (χ1v) is 8.94. The highest BCUT2D eigenvalue weighted by Crippen LogP contribution is 2.27. The molecule has 6 heteroatoms. The highest BCUT2D eigenvalue weighted by atomic mass is 16.5. The van der Waals surface area contributed by atoms with E-state index in [9.17, 15) is 0 Å². The van der Waals surface area contributed by atoms with E-state index in [1.807, 2.05) is 13.2 Å². The molecule has 2 fully saturated rings. The van der Waals surface area contributed by atoms with Gasteiger partial charge in [0, 0.05) is 39.4 Å². The van der Waals surface area contributed by atoms with Crippen LogP contribution in [0.25, 0.3) is 0 Å². The largest absolute Gasteiger partial charge is 0.372 e. The SMILES string of the molecule is CN=C(NCc1ccc(N2CC(C)OC(C)C2)nc1)NCC1CC1. The molecule has 1 saturated heterocycles. The van der Waals surface area contributed by atoms with Crippen LogP contribution >= 0.6 is 0 Å². The van der Waals surface area contributed by atoms with Crippen LogP contribution in [-0.2, 0) is 11.3 Å². The van der Waals surface area contributed by atoms with Gasteiger partial charge in [-0.25, -0.2) is 4.98 Å². The van der Waals surface area contributed by atoms with Crippen LogP contribution in [0.1, 0.15) is 32.3 Å². The number of pyridine rings is 1. The molecule has 0 spiro atoms. The molecule has 1 aliphatic heterocycles. The molecular formula is C18H29N5O. The molecule has 2 N–H and O–H groups in total. The van der Waals surface area contributed by atoms with E-state index in [0.717, 1.165) is 49.4 Å². The van der Waals surface area contributed by atoms with Crippen LogP contribution in [0, 0.1) is 5.92 Å². The maximum atomic E-state index is 5.78. The van der Waals surface area contributed by atoms with Crippen LogP contribution in [0.4, 0.5) is 5.82 Å². The summed E-state index contributed by atoms with van der Waals surface area (Å²) in [5, 5.41) is 6.72. The van der Waals surface area contributed by atoms with Gasteiger partial charge >= 0.3 is 0 Å². The fourth-order valence-corrected chi connectivity index (χ4v) is 3.04. The van der Waals surface area contributed by atoms with E-state index in [2.05, 4.69) is 51.5 Å². The molecule has 1 aromatic rings. The second kappa shape index (κ2) is 7.83. The van der Waals surface area contributed by atoms with E-state index in [1.54, 1.807) is 0 Å². The zero-order valence-corrected chi connectivity index (χ0v) is 15.0. The number of nitrogens with zero attached hydrogens (tertiary/aromatic N) is 3. The van der Waals surface area contributed by atoms with Crippen molar-refractivity contribution in [3.05, 3.63) is 23.9 Å². The summed E-state index contributed by atoms with van der Waals surface area (Å²) in [6, 6.07) is 4.23. The van der Waals surface area contributed by atoms with Crippen molar-refractivity contribution in [3.63, 3.8) is 0 Å². The van der Waals surface area contributed by atoms with Gasteiger partial charge in [0.05, 0.1) is 12.2 Å². The fraction of sp³-hybridized carbons (Fsp3) is 0.667. The summed E-state index contributed by atoms with van der Waals surface area (Å²) in [5.41, 5.74) is 1.16. The molecule has 2 atom stereocenters. The molecule has 0 bridgehead atoms. The lowest BCUT2D eigenvalue weighted by Crippen LogP contribution is -2.45. The maximum absolute atomic E-state index is 5.78. The molecule has 2 aliphatic rings. The predicted octanol–water partition coefficient (Wildman–Crippen LogP) is 1.77. The number of ether oxygens (including phenoxy) is 1. The van der Waals surface area contributed by atoms with Gasteiger partial charge in [0.2, 0.25) is 0 Å². The van der Waals surface area contributed by atoms with Crippen molar-refractivity contribution >= 4 is 11.8 Å². The van der Waals surface area contributed by atoms with Crippen LogP contribution < -0.4 is 15.5 Å². The van der Waals surface area contributed by atoms with Crippen molar-refractivity contribution in [3.8, 4) is 0 Å². The van der Waals surface area contributed by atoms with E-state index >= 15 is 0 Å². The van der Waals surface area contributed by atoms with Crippen LogP contribution in [0.2, 0.25) is 0 Å². The Balaban J connectivity index is 1.50. The number of aromatic nitrogens is 1. The summed E-state index contributed by atoms with van der Waals surface area (Å²) in [5.74, 6) is 2.72. The van der Waals surface area contributed by atoms with Gasteiger partial charge in [-0.2, -0.15) is 0 Å². The molecule has 0 aromatic carbocycles. The van der Waals surface area contributed by atoms with Gasteiger partial charge in [-0.05, 0) is 44.2 Å². The van der Waals surface area contributed by atoms with E-state index in [1.165, 1.54) is 12.8 Å². The van der Waals surface area contributed by atoms with E-state index < -0.39 is 0 Å². The van der Waals surface area contributed by atoms with Crippen molar-refractivity contribution in [2.75, 3.05) is 31.6 Å². The molecule has 3 rings (SSSR count). The Morgan fingerprint density at radius 3 is 2.58 bits per heavy atom. The second-order valence-corrected chi connectivity index (χ2v) is 6.94. The minimum absolute atomic E-state index is 0.248. The van der Waals surface area contributed by atoms with Gasteiger partial charge in [0.1, 0.15) is 5.82 Å². The average molecular weight is 331 g/mol. The first kappa shape index (κ1) is 17.0. The third-order valence-corrected chi connectivity index (χ3v) is 4.49. The van der Waals surface area contributed by atoms with Gasteiger partial charge in [-0.3, -0.25) is 4.99 Å². The number of aliphatic imine (C=N–C) groups is 1. The lowest BCUT2D eigenvalue weighted by atomic mass is 10.2. The van der Waals surface area contributed by atoms with Gasteiger partial charge in [-0.1, -0.05) is 6.07 Å². The zero-order valence-electron chi connectivity index (χ0n) is 15.0. The van der Waals surface area contributed by atoms with Crippen molar-refractivity contribution in [1.29, 1.82) is 0 Å². The maximum Gasteiger partial charge on any atom is 0.191 e. The fourth-order valence-electron chi connectivity index (χ4n) is 3.04. The molecule has 24 heavy (non-hydrogen) atoms. The van der Waals surface area contributed by atoms with Gasteiger partial charge in [0.25, 0.3) is 0 Å². The standard InChI is InChI=1S/C18H29N5O/c1-13-11-23(12-14(2)24-13)17-7-6-16(9-20-17)10-22-18(19-3)21-8-15-4-5-15/h6-7,9,13-15H,4-5,8,10-12H2,1-3H3,(H2,19,21,22). The first-order chi connectivity index (χ1) is 11.6. The molecule has 6 nitrogen and oxygen atoms in total. The summed E-state index contributed by atoms with van der Waals surface area (Å²) < 4.78 is 5.78. The zero-order chi connectivity index (χ0) is 16.9. The Morgan fingerprint density at radius 2 is 2.00 bits per heavy atom. The molecule has 2 heterocycles. The van der Waals surface area contributed by atoms with Crippen LogP contribution in [0.5, 0.6) is 0 Å². The molecule has 2 unspecified atom stereocenters. The third-order valence-electron chi connectivity index (χ3n) is 4.49. The summed E-state index contributed by atoms with van der Waals surface area (Å²) in [4.78, 5) is 11.2.